The van der Waals surface area contributed by atoms with Crippen molar-refractivity contribution in [2.24, 2.45) is 0 Å². The van der Waals surface area contributed by atoms with E-state index in [9.17, 15) is 5.11 Å². The van der Waals surface area contributed by atoms with Gasteiger partial charge in [0.1, 0.15) is 11.5 Å². The van der Waals surface area contributed by atoms with Crippen LogP contribution in [0.15, 0.2) is 72.8 Å². The minimum Gasteiger partial charge on any atom is -0.507 e. The molecule has 0 spiro atoms. The molecule has 158 valence electrons. The molecular weight excluding hydrogens is 368 g/mol. The zero-order valence-corrected chi connectivity index (χ0v) is 18.1. The number of phenolic OH excluding ortho intramolecular Hbond substituents is 1. The van der Waals surface area contributed by atoms with Crippen molar-refractivity contribution in [1.82, 2.24) is 0 Å². The van der Waals surface area contributed by atoms with Crippen molar-refractivity contribution in [2.45, 2.75) is 58.3 Å². The van der Waals surface area contributed by atoms with Gasteiger partial charge >= 0.3 is 0 Å². The van der Waals surface area contributed by atoms with Crippen LogP contribution in [0, 0.1) is 0 Å². The van der Waals surface area contributed by atoms with Gasteiger partial charge in [-0.05, 0) is 29.7 Å². The summed E-state index contributed by atoms with van der Waals surface area (Å²) in [5.74, 6) is 1.11. The van der Waals surface area contributed by atoms with Crippen LogP contribution in [0.5, 0.6) is 11.5 Å². The molecule has 0 amide bonds. The van der Waals surface area contributed by atoms with Crippen LogP contribution >= 0.6 is 0 Å². The van der Waals surface area contributed by atoms with Gasteiger partial charge in [0.15, 0.2) is 0 Å². The number of rotatable bonds is 12. The van der Waals surface area contributed by atoms with E-state index in [0.717, 1.165) is 34.4 Å². The quantitative estimate of drug-likeness (QED) is 0.309. The fraction of sp³-hybridized carbons (Fsp3) is 0.357. The van der Waals surface area contributed by atoms with E-state index in [1.54, 1.807) is 0 Å². The minimum atomic E-state index is 0.298. The molecule has 2 heteroatoms. The second-order valence-electron chi connectivity index (χ2n) is 7.92. The lowest BCUT2D eigenvalue weighted by Gasteiger charge is -2.15. The molecule has 3 rings (SSSR count). The molecule has 30 heavy (non-hydrogen) atoms. The summed E-state index contributed by atoms with van der Waals surface area (Å²) in [5, 5.41) is 11.0. The van der Waals surface area contributed by atoms with Crippen molar-refractivity contribution < 1.29 is 9.84 Å². The van der Waals surface area contributed by atoms with Crippen LogP contribution in [0.25, 0.3) is 22.3 Å². The zero-order chi connectivity index (χ0) is 21.0. The Morgan fingerprint density at radius 2 is 1.10 bits per heavy atom. The van der Waals surface area contributed by atoms with Gasteiger partial charge in [0.05, 0.1) is 6.61 Å². The van der Waals surface area contributed by atoms with Crippen LogP contribution in [0.4, 0.5) is 0 Å². The summed E-state index contributed by atoms with van der Waals surface area (Å²) in [7, 11) is 0. The van der Waals surface area contributed by atoms with E-state index in [2.05, 4.69) is 6.92 Å². The predicted octanol–water partition coefficient (Wildman–Crippen LogP) is 8.25. The minimum absolute atomic E-state index is 0.298. The highest BCUT2D eigenvalue weighted by Gasteiger charge is 2.14. The molecular formula is C28H34O2. The van der Waals surface area contributed by atoms with Crippen LogP contribution in [0.2, 0.25) is 0 Å². The maximum Gasteiger partial charge on any atom is 0.131 e. The number of aromatic hydroxyl groups is 1. The first-order valence-corrected chi connectivity index (χ1v) is 11.4. The maximum absolute atomic E-state index is 11.0. The smallest absolute Gasteiger partial charge is 0.131 e. The summed E-state index contributed by atoms with van der Waals surface area (Å²) >= 11 is 0. The molecule has 0 atom stereocenters. The first kappa shape index (κ1) is 22.0. The summed E-state index contributed by atoms with van der Waals surface area (Å²) in [5.41, 5.74) is 3.60. The van der Waals surface area contributed by atoms with Crippen molar-refractivity contribution in [3.63, 3.8) is 0 Å². The van der Waals surface area contributed by atoms with E-state index >= 15 is 0 Å². The first-order chi connectivity index (χ1) is 14.8. The zero-order valence-electron chi connectivity index (χ0n) is 18.1. The van der Waals surface area contributed by atoms with Gasteiger partial charge in [-0.2, -0.15) is 0 Å². The number of phenols is 1. The second kappa shape index (κ2) is 12.1. The van der Waals surface area contributed by atoms with Crippen molar-refractivity contribution in [1.29, 1.82) is 0 Å². The first-order valence-electron chi connectivity index (χ1n) is 11.4. The van der Waals surface area contributed by atoms with Crippen molar-refractivity contribution in [3.8, 4) is 33.8 Å². The summed E-state index contributed by atoms with van der Waals surface area (Å²) in [4.78, 5) is 0. The molecule has 0 radical (unpaired) electrons. The predicted molar refractivity (Wildman–Crippen MR) is 127 cm³/mol. The van der Waals surface area contributed by atoms with Crippen molar-refractivity contribution in [3.05, 3.63) is 72.8 Å². The molecule has 0 fully saturated rings. The Labute approximate surface area is 181 Å². The Hall–Kier alpha value is -2.74. The highest BCUT2D eigenvalue weighted by atomic mass is 16.5. The fourth-order valence-corrected chi connectivity index (χ4v) is 3.79. The average Bonchev–Trinajstić information content (AvgIpc) is 2.80. The second-order valence-corrected chi connectivity index (χ2v) is 7.92. The molecule has 1 N–H and O–H groups in total. The summed E-state index contributed by atoms with van der Waals surface area (Å²) in [6, 6.07) is 23.9. The van der Waals surface area contributed by atoms with Gasteiger partial charge in [0, 0.05) is 11.1 Å². The number of hydrogen-bond donors (Lipinski definition) is 1. The third-order valence-corrected chi connectivity index (χ3v) is 5.52. The molecule has 0 aliphatic heterocycles. The molecule has 3 aromatic carbocycles. The van der Waals surface area contributed by atoms with Gasteiger partial charge in [-0.1, -0.05) is 113 Å². The van der Waals surface area contributed by atoms with Crippen molar-refractivity contribution >= 4 is 0 Å². The molecule has 0 aliphatic rings. The molecule has 0 unspecified atom stereocenters. The van der Waals surface area contributed by atoms with Gasteiger partial charge in [-0.3, -0.25) is 0 Å². The van der Waals surface area contributed by atoms with Crippen LogP contribution in [0.3, 0.4) is 0 Å². The molecule has 0 aliphatic carbocycles. The third kappa shape index (κ3) is 6.38. The molecule has 0 saturated heterocycles. The monoisotopic (exact) mass is 402 g/mol. The lowest BCUT2D eigenvalue weighted by molar-refractivity contribution is 0.304. The Morgan fingerprint density at radius 1 is 0.633 bits per heavy atom. The SMILES string of the molecule is CCCCCCCCCCOc1cc(-c2ccccc2)c(O)c(-c2ccccc2)c1. The van der Waals surface area contributed by atoms with E-state index in [-0.39, 0.29) is 0 Å². The molecule has 0 bridgehead atoms. The third-order valence-electron chi connectivity index (χ3n) is 5.52. The summed E-state index contributed by atoms with van der Waals surface area (Å²) < 4.78 is 6.12. The van der Waals surface area contributed by atoms with Crippen molar-refractivity contribution in [2.75, 3.05) is 6.61 Å². The van der Waals surface area contributed by atoms with Crippen LogP contribution in [-0.4, -0.2) is 11.7 Å². The standard InChI is InChI=1S/C28H34O2/c1-2-3-4-5-6-7-8-15-20-30-25-21-26(23-16-11-9-12-17-23)28(29)27(22-25)24-18-13-10-14-19-24/h9-14,16-19,21-22,29H,2-8,15,20H2,1H3. The number of unbranched alkanes of at least 4 members (excludes halogenated alkanes) is 7. The van der Waals surface area contributed by atoms with Gasteiger partial charge in [0.2, 0.25) is 0 Å². The molecule has 3 aromatic rings. The Morgan fingerprint density at radius 3 is 1.60 bits per heavy atom. The van der Waals surface area contributed by atoms with Crippen LogP contribution < -0.4 is 4.74 Å². The van der Waals surface area contributed by atoms with Gasteiger partial charge < -0.3 is 9.84 Å². The Bertz CT molecular complexity index is 811. The Kier molecular flexibility index (Phi) is 8.83. The fourth-order valence-electron chi connectivity index (χ4n) is 3.79. The maximum atomic E-state index is 11.0. The summed E-state index contributed by atoms with van der Waals surface area (Å²) in [6.45, 7) is 2.97. The van der Waals surface area contributed by atoms with E-state index in [1.165, 1.54) is 44.9 Å². The van der Waals surface area contributed by atoms with E-state index in [0.29, 0.717) is 12.4 Å². The Balaban J connectivity index is 1.67. The molecule has 0 aromatic heterocycles. The molecule has 0 heterocycles. The lowest BCUT2D eigenvalue weighted by Crippen LogP contribution is -1.98. The average molecular weight is 403 g/mol. The number of hydrogen-bond acceptors (Lipinski definition) is 2. The number of benzene rings is 3. The normalized spacial score (nSPS) is 10.8. The summed E-state index contributed by atoms with van der Waals surface area (Å²) in [6.07, 6.45) is 10.3. The van der Waals surface area contributed by atoms with Gasteiger partial charge in [-0.25, -0.2) is 0 Å². The molecule has 0 saturated carbocycles. The lowest BCUT2D eigenvalue weighted by atomic mass is 9.97. The van der Waals surface area contributed by atoms with E-state index in [4.69, 9.17) is 4.74 Å². The number of ether oxygens (including phenoxy) is 1. The molecule has 2 nitrogen and oxygen atoms in total. The highest BCUT2D eigenvalue weighted by Crippen LogP contribution is 2.41. The van der Waals surface area contributed by atoms with Gasteiger partial charge in [-0.15, -0.1) is 0 Å². The van der Waals surface area contributed by atoms with Gasteiger partial charge in [0.25, 0.3) is 0 Å². The van der Waals surface area contributed by atoms with E-state index < -0.39 is 0 Å². The highest BCUT2D eigenvalue weighted by molar-refractivity contribution is 5.83. The van der Waals surface area contributed by atoms with E-state index in [1.807, 2.05) is 72.8 Å². The van der Waals surface area contributed by atoms with Crippen LogP contribution in [-0.2, 0) is 0 Å². The largest absolute Gasteiger partial charge is 0.507 e. The topological polar surface area (TPSA) is 29.5 Å². The van der Waals surface area contributed by atoms with Crippen LogP contribution in [0.1, 0.15) is 58.3 Å².